The number of halogens is 4. The monoisotopic (exact) mass is 804 g/mol. The first-order chi connectivity index (χ1) is 26.8. The zero-order valence-corrected chi connectivity index (χ0v) is 33.6. The second-order valence-electron chi connectivity index (χ2n) is 14.7. The van der Waals surface area contributed by atoms with Gasteiger partial charge in [-0.3, -0.25) is 4.98 Å². The van der Waals surface area contributed by atoms with Gasteiger partial charge in [-0.05, 0) is 112 Å². The molecular weight excluding hydrogens is 768 g/mol. The summed E-state index contributed by atoms with van der Waals surface area (Å²) in [6.07, 6.45) is 4.49. The minimum Gasteiger partial charge on any atom is -0.399 e. The van der Waals surface area contributed by atoms with Crippen molar-refractivity contribution in [3.05, 3.63) is 136 Å². The summed E-state index contributed by atoms with van der Waals surface area (Å²) in [4.78, 5) is 16.9. The van der Waals surface area contributed by atoms with Gasteiger partial charge in [0.05, 0.1) is 49.5 Å². The second kappa shape index (κ2) is 14.9. The maximum absolute atomic E-state index is 14.4. The van der Waals surface area contributed by atoms with Gasteiger partial charge in [-0.15, -0.1) is 11.3 Å². The molecule has 0 bridgehead atoms. The number of aromatic nitrogens is 4. The number of hydrogen-bond acceptors (Lipinski definition) is 5. The van der Waals surface area contributed by atoms with Crippen molar-refractivity contribution in [2.45, 2.75) is 52.2 Å². The van der Waals surface area contributed by atoms with Gasteiger partial charge in [0.1, 0.15) is 16.6 Å². The van der Waals surface area contributed by atoms with Crippen LogP contribution in [0.15, 0.2) is 109 Å². The minimum atomic E-state index is -0.431. The van der Waals surface area contributed by atoms with E-state index in [2.05, 4.69) is 27.9 Å². The molecule has 1 fully saturated rings. The van der Waals surface area contributed by atoms with Crippen molar-refractivity contribution < 1.29 is 18.1 Å². The Bertz CT molecular complexity index is 2670. The average Bonchev–Trinajstić information content (AvgIpc) is 3.94. The molecule has 1 saturated heterocycles. The lowest BCUT2D eigenvalue weighted by atomic mass is 9.78. The lowest BCUT2D eigenvalue weighted by Crippen LogP contribution is -2.41. The zero-order valence-electron chi connectivity index (χ0n) is 31.3. The Labute approximate surface area is 338 Å². The number of hydrogen-bond donors (Lipinski definition) is 2. The Hall–Kier alpha value is -4.84. The van der Waals surface area contributed by atoms with Crippen molar-refractivity contribution in [1.29, 1.82) is 0 Å². The first kappa shape index (κ1) is 38.1. The van der Waals surface area contributed by atoms with Gasteiger partial charge < -0.3 is 19.3 Å². The molecule has 1 aliphatic rings. The Morgan fingerprint density at radius 3 is 1.86 bits per heavy atom. The maximum Gasteiger partial charge on any atom is 0.494 e. The fourth-order valence-electron chi connectivity index (χ4n) is 6.77. The Morgan fingerprint density at radius 1 is 0.714 bits per heavy atom. The van der Waals surface area contributed by atoms with Gasteiger partial charge >= 0.3 is 7.12 Å². The van der Waals surface area contributed by atoms with E-state index in [1.165, 1.54) is 17.0 Å². The Balaban J connectivity index is 0.000000159. The van der Waals surface area contributed by atoms with Gasteiger partial charge in [0.15, 0.2) is 0 Å². The summed E-state index contributed by atoms with van der Waals surface area (Å²) in [5, 5.41) is 3.66. The van der Waals surface area contributed by atoms with Crippen LogP contribution in [0.25, 0.3) is 66.1 Å². The highest BCUT2D eigenvalue weighted by atomic mass is 35.5. The summed E-state index contributed by atoms with van der Waals surface area (Å²) in [5.74, 6) is -0.696. The van der Waals surface area contributed by atoms with E-state index in [4.69, 9.17) is 37.5 Å². The number of thiazole rings is 1. The summed E-state index contributed by atoms with van der Waals surface area (Å²) in [6.45, 7) is 10.2. The van der Waals surface area contributed by atoms with E-state index < -0.39 is 18.3 Å². The van der Waals surface area contributed by atoms with Gasteiger partial charge in [-0.1, -0.05) is 60.5 Å². The molecule has 0 atom stereocenters. The lowest BCUT2D eigenvalue weighted by Gasteiger charge is -2.32. The molecular formula is C44H37BCl2F2N4O2S. The van der Waals surface area contributed by atoms with E-state index in [9.17, 15) is 8.78 Å². The first-order valence-electron chi connectivity index (χ1n) is 18.2. The number of rotatable bonds is 6. The van der Waals surface area contributed by atoms with Crippen molar-refractivity contribution in [2.75, 3.05) is 0 Å². The number of H-pyrrole nitrogens is 2. The van der Waals surface area contributed by atoms with Gasteiger partial charge in [-0.25, -0.2) is 13.8 Å². The van der Waals surface area contributed by atoms with Crippen molar-refractivity contribution in [2.24, 2.45) is 0 Å². The number of fused-ring (bicyclic) bond motifs is 2. The van der Waals surface area contributed by atoms with E-state index in [0.29, 0.717) is 32.6 Å². The third kappa shape index (κ3) is 7.17. The third-order valence-corrected chi connectivity index (χ3v) is 12.3. The maximum atomic E-state index is 14.4. The number of pyridine rings is 1. The van der Waals surface area contributed by atoms with E-state index >= 15 is 0 Å². The molecule has 0 unspecified atom stereocenters. The van der Waals surface area contributed by atoms with Crippen LogP contribution >= 0.6 is 34.5 Å². The largest absolute Gasteiger partial charge is 0.494 e. The normalized spacial score (nSPS) is 14.7. The lowest BCUT2D eigenvalue weighted by molar-refractivity contribution is 0.00578. The van der Waals surface area contributed by atoms with Crippen molar-refractivity contribution in [1.82, 2.24) is 19.9 Å². The van der Waals surface area contributed by atoms with Crippen molar-refractivity contribution in [3.8, 4) is 44.3 Å². The van der Waals surface area contributed by atoms with Crippen LogP contribution < -0.4 is 5.46 Å². The predicted molar refractivity (Wildman–Crippen MR) is 227 cm³/mol. The van der Waals surface area contributed by atoms with Crippen molar-refractivity contribution >= 4 is 68.9 Å². The van der Waals surface area contributed by atoms with Crippen LogP contribution in [0.4, 0.5) is 8.78 Å². The molecule has 0 saturated carbocycles. The number of aromatic amines is 2. The number of benzene rings is 4. The molecule has 6 nitrogen and oxygen atoms in total. The molecule has 0 amide bonds. The Kier molecular flexibility index (Phi) is 10.1. The summed E-state index contributed by atoms with van der Waals surface area (Å²) < 4.78 is 40.8. The molecule has 12 heteroatoms. The SMILES string of the molecule is CC1(C)OB(c2ccc3[nH]c(-c4c(F)cccc4Cl)cc3c2)OC1(C)C.CCc1sc(-c2cccnc2)nc1-c1ccc2[nH]c(-c3c(F)cccc3Cl)cc2c1. The van der Waals surface area contributed by atoms with Gasteiger partial charge in [0, 0.05) is 44.8 Å². The smallest absolute Gasteiger partial charge is 0.399 e. The molecule has 0 spiro atoms. The van der Waals surface area contributed by atoms with Crippen LogP contribution in [0.2, 0.25) is 10.0 Å². The zero-order chi connectivity index (χ0) is 39.4. The van der Waals surface area contributed by atoms with Gasteiger partial charge in [-0.2, -0.15) is 0 Å². The van der Waals surface area contributed by atoms with Crippen LogP contribution in [0.5, 0.6) is 0 Å². The van der Waals surface area contributed by atoms with E-state index in [-0.39, 0.29) is 11.6 Å². The fraction of sp³-hybridized carbons (Fsp3) is 0.182. The third-order valence-electron chi connectivity index (χ3n) is 10.5. The number of nitrogens with one attached hydrogen (secondary N) is 2. The second-order valence-corrected chi connectivity index (χ2v) is 16.6. The minimum absolute atomic E-state index is 0.344. The van der Waals surface area contributed by atoms with Crippen LogP contribution in [0, 0.1) is 11.6 Å². The average molecular weight is 806 g/mol. The van der Waals surface area contributed by atoms with Gasteiger partial charge in [0.25, 0.3) is 0 Å². The molecule has 56 heavy (non-hydrogen) atoms. The first-order valence-corrected chi connectivity index (χ1v) is 19.8. The van der Waals surface area contributed by atoms with Crippen LogP contribution in [0.3, 0.4) is 0 Å². The summed E-state index contributed by atoms with van der Waals surface area (Å²) >= 11 is 14.1. The topological polar surface area (TPSA) is 75.8 Å². The summed E-state index contributed by atoms with van der Waals surface area (Å²) in [6, 6.07) is 29.2. The van der Waals surface area contributed by atoms with Crippen LogP contribution in [-0.2, 0) is 15.7 Å². The highest BCUT2D eigenvalue weighted by Gasteiger charge is 2.51. The highest BCUT2D eigenvalue weighted by molar-refractivity contribution is 7.15. The highest BCUT2D eigenvalue weighted by Crippen LogP contribution is 2.39. The molecule has 8 aromatic rings. The van der Waals surface area contributed by atoms with Gasteiger partial charge in [0.2, 0.25) is 0 Å². The van der Waals surface area contributed by atoms with E-state index in [0.717, 1.165) is 55.5 Å². The molecule has 2 N–H and O–H groups in total. The molecule has 282 valence electrons. The molecule has 4 aromatic carbocycles. The fourth-order valence-corrected chi connectivity index (χ4v) is 8.31. The predicted octanol–water partition coefficient (Wildman–Crippen LogP) is 12.3. The summed E-state index contributed by atoms with van der Waals surface area (Å²) in [7, 11) is -0.431. The molecule has 4 aromatic heterocycles. The van der Waals surface area contributed by atoms with Crippen molar-refractivity contribution in [3.63, 3.8) is 0 Å². The number of aryl methyl sites for hydroxylation is 1. The molecule has 0 radical (unpaired) electrons. The molecule has 9 rings (SSSR count). The van der Waals surface area contributed by atoms with E-state index in [1.54, 1.807) is 41.8 Å². The van der Waals surface area contributed by atoms with Crippen LogP contribution in [0.1, 0.15) is 39.5 Å². The number of nitrogens with zero attached hydrogens (tertiary/aromatic N) is 2. The van der Waals surface area contributed by atoms with E-state index in [1.807, 2.05) is 88.5 Å². The Morgan fingerprint density at radius 2 is 1.30 bits per heavy atom. The molecule has 0 aliphatic carbocycles. The quantitative estimate of drug-likeness (QED) is 0.164. The molecule has 5 heterocycles. The summed E-state index contributed by atoms with van der Waals surface area (Å²) in [5.41, 5.74) is 7.08. The standard InChI is InChI=1S/C24H17ClFN3S.C20H20BClFNO2/c1-2-21-23(29-24(30-21)15-5-4-10-27-13-15)14-8-9-19-16(11-14)12-20(28-19)22-17(25)6-3-7-18(22)26;1-19(2)20(3,4)26-21(25-19)13-8-9-16-12(10-13)11-17(24-16)18-14(22)6-5-7-15(18)23/h3-13,28H,2H2,1H3;5-11,24H,1-4H3. The molecule has 1 aliphatic heterocycles. The van der Waals surface area contributed by atoms with Crippen LogP contribution in [-0.4, -0.2) is 38.3 Å².